The molecule has 0 fully saturated rings. The largest absolute Gasteiger partial charge is 0.478 e. The molecule has 2 rings (SSSR count). The van der Waals surface area contributed by atoms with Gasteiger partial charge in [-0.3, -0.25) is 0 Å². The predicted molar refractivity (Wildman–Crippen MR) is 69.2 cm³/mol. The van der Waals surface area contributed by atoms with Crippen LogP contribution in [0.4, 0.5) is 0 Å². The van der Waals surface area contributed by atoms with Gasteiger partial charge < -0.3 is 5.11 Å². The second-order valence-corrected chi connectivity index (χ2v) is 5.42. The van der Waals surface area contributed by atoms with Gasteiger partial charge in [0.2, 0.25) is 0 Å². The van der Waals surface area contributed by atoms with Gasteiger partial charge >= 0.3 is 5.97 Å². The number of carboxylic acid groups (broad SMARTS) is 1. The third-order valence-corrected chi connectivity index (χ3v) is 3.81. The number of rotatable bonds is 2. The molecule has 0 radical (unpaired) electrons. The van der Waals surface area contributed by atoms with Crippen molar-refractivity contribution in [2.45, 2.75) is 6.92 Å². The first-order valence-corrected chi connectivity index (χ1v) is 6.33. The van der Waals surface area contributed by atoms with Crippen molar-refractivity contribution in [1.82, 2.24) is 0 Å². The summed E-state index contributed by atoms with van der Waals surface area (Å²) in [6.45, 7) is 2.03. The van der Waals surface area contributed by atoms with Crippen molar-refractivity contribution in [1.29, 1.82) is 0 Å². The lowest BCUT2D eigenvalue weighted by atomic mass is 10.1. The van der Waals surface area contributed by atoms with Crippen molar-refractivity contribution in [2.75, 3.05) is 0 Å². The monoisotopic (exact) mass is 296 g/mol. The minimum atomic E-state index is -0.916. The van der Waals surface area contributed by atoms with E-state index in [0.29, 0.717) is 10.0 Å². The average molecular weight is 297 g/mol. The summed E-state index contributed by atoms with van der Waals surface area (Å²) in [5.41, 5.74) is 2.30. The number of halogens is 1. The van der Waals surface area contributed by atoms with Crippen LogP contribution in [0.2, 0.25) is 0 Å². The Bertz CT molecular complexity index is 546. The van der Waals surface area contributed by atoms with Gasteiger partial charge in [-0.2, -0.15) is 0 Å². The van der Waals surface area contributed by atoms with Crippen LogP contribution in [0.1, 0.15) is 15.2 Å². The minimum absolute atomic E-state index is 0.293. The maximum atomic E-state index is 11.0. The molecule has 82 valence electrons. The predicted octanol–water partition coefficient (Wildman–Crippen LogP) is 4.18. The van der Waals surface area contributed by atoms with Gasteiger partial charge in [-0.1, -0.05) is 6.07 Å². The second-order valence-electron chi connectivity index (χ2n) is 3.45. The van der Waals surface area contributed by atoms with Crippen LogP contribution in [0.5, 0.6) is 0 Å². The Morgan fingerprint density at radius 2 is 2.06 bits per heavy atom. The number of hydrogen-bond acceptors (Lipinski definition) is 2. The van der Waals surface area contributed by atoms with Gasteiger partial charge in [-0.15, -0.1) is 11.3 Å². The van der Waals surface area contributed by atoms with Crippen molar-refractivity contribution in [3.8, 4) is 11.1 Å². The van der Waals surface area contributed by atoms with Crippen LogP contribution in [0, 0.1) is 6.92 Å². The highest BCUT2D eigenvalue weighted by atomic mass is 79.9. The van der Waals surface area contributed by atoms with E-state index in [0.717, 1.165) is 11.1 Å². The topological polar surface area (TPSA) is 37.3 Å². The fraction of sp³-hybridized carbons (Fsp3) is 0.0833. The van der Waals surface area contributed by atoms with Crippen LogP contribution in [-0.2, 0) is 0 Å². The number of aryl methyl sites for hydroxylation is 1. The van der Waals surface area contributed by atoms with E-state index in [1.807, 2.05) is 18.4 Å². The summed E-state index contributed by atoms with van der Waals surface area (Å²) >= 11 is 4.89. The first-order valence-electron chi connectivity index (χ1n) is 4.66. The molecule has 0 aliphatic rings. The molecule has 1 aromatic carbocycles. The van der Waals surface area contributed by atoms with Crippen LogP contribution in [-0.4, -0.2) is 11.1 Å². The summed E-state index contributed by atoms with van der Waals surface area (Å²) in [5.74, 6) is -0.916. The third kappa shape index (κ3) is 2.18. The first-order chi connectivity index (χ1) is 7.58. The Morgan fingerprint density at radius 1 is 1.31 bits per heavy atom. The molecule has 1 aromatic heterocycles. The zero-order valence-corrected chi connectivity index (χ0v) is 10.9. The van der Waals surface area contributed by atoms with E-state index in [4.69, 9.17) is 5.11 Å². The summed E-state index contributed by atoms with van der Waals surface area (Å²) in [6, 6.07) is 7.43. The lowest BCUT2D eigenvalue weighted by Crippen LogP contribution is -1.97. The zero-order chi connectivity index (χ0) is 11.7. The highest BCUT2D eigenvalue weighted by Gasteiger charge is 2.10. The molecule has 0 saturated heterocycles. The maximum absolute atomic E-state index is 11.0. The molecule has 16 heavy (non-hydrogen) atoms. The molecule has 0 saturated carbocycles. The molecule has 2 nitrogen and oxygen atoms in total. The van der Waals surface area contributed by atoms with Crippen LogP contribution in [0.15, 0.2) is 34.1 Å². The lowest BCUT2D eigenvalue weighted by molar-refractivity contribution is 0.0696. The summed E-state index contributed by atoms with van der Waals surface area (Å²) in [5, 5.41) is 11.0. The number of thiophene rings is 1. The third-order valence-electron chi connectivity index (χ3n) is 2.26. The Labute approximate surface area is 106 Å². The summed E-state index contributed by atoms with van der Waals surface area (Å²) < 4.78 is 0.607. The Hall–Kier alpha value is -1.13. The number of carbonyl (C=O) groups is 1. The Morgan fingerprint density at radius 3 is 2.62 bits per heavy atom. The summed E-state index contributed by atoms with van der Waals surface area (Å²) in [4.78, 5) is 12.2. The van der Waals surface area contributed by atoms with Crippen molar-refractivity contribution >= 4 is 33.2 Å². The molecule has 0 unspecified atom stereocenters. The van der Waals surface area contributed by atoms with E-state index in [-0.39, 0.29) is 0 Å². The van der Waals surface area contributed by atoms with E-state index >= 15 is 0 Å². The van der Waals surface area contributed by atoms with Crippen LogP contribution >= 0.6 is 27.3 Å². The SMILES string of the molecule is Cc1cc(-c2ccc(Br)c(C(=O)O)c2)cs1. The second kappa shape index (κ2) is 4.39. The molecule has 0 spiro atoms. The molecule has 4 heteroatoms. The van der Waals surface area contributed by atoms with E-state index in [1.54, 1.807) is 23.5 Å². The number of benzene rings is 1. The van der Waals surface area contributed by atoms with Gasteiger partial charge in [0.1, 0.15) is 0 Å². The molecule has 0 aliphatic carbocycles. The van der Waals surface area contributed by atoms with E-state index < -0.39 is 5.97 Å². The van der Waals surface area contributed by atoms with Gasteiger partial charge in [0.15, 0.2) is 0 Å². The van der Waals surface area contributed by atoms with Crippen molar-refractivity contribution < 1.29 is 9.90 Å². The lowest BCUT2D eigenvalue weighted by Gasteiger charge is -2.02. The maximum Gasteiger partial charge on any atom is 0.336 e. The fourth-order valence-electron chi connectivity index (χ4n) is 1.46. The number of carboxylic acids is 1. The molecular formula is C12H9BrO2S. The summed E-state index contributed by atoms with van der Waals surface area (Å²) in [7, 11) is 0. The summed E-state index contributed by atoms with van der Waals surface area (Å²) in [6.07, 6.45) is 0. The quantitative estimate of drug-likeness (QED) is 0.902. The smallest absolute Gasteiger partial charge is 0.336 e. The van der Waals surface area contributed by atoms with Gasteiger partial charge in [0, 0.05) is 9.35 Å². The fourth-order valence-corrected chi connectivity index (χ4v) is 2.59. The van der Waals surface area contributed by atoms with Crippen LogP contribution < -0.4 is 0 Å². The van der Waals surface area contributed by atoms with E-state index in [2.05, 4.69) is 22.0 Å². The van der Waals surface area contributed by atoms with Crippen molar-refractivity contribution in [3.63, 3.8) is 0 Å². The normalized spacial score (nSPS) is 10.4. The number of aromatic carboxylic acids is 1. The molecule has 0 aliphatic heterocycles. The molecular weight excluding hydrogens is 288 g/mol. The highest BCUT2D eigenvalue weighted by molar-refractivity contribution is 9.10. The van der Waals surface area contributed by atoms with Gasteiger partial charge in [0.05, 0.1) is 5.56 Å². The van der Waals surface area contributed by atoms with Crippen LogP contribution in [0.25, 0.3) is 11.1 Å². The van der Waals surface area contributed by atoms with Crippen molar-refractivity contribution in [2.24, 2.45) is 0 Å². The molecule has 2 aromatic rings. The van der Waals surface area contributed by atoms with Crippen molar-refractivity contribution in [3.05, 3.63) is 44.6 Å². The molecule has 0 amide bonds. The standard InChI is InChI=1S/C12H9BrO2S/c1-7-4-9(6-16-7)8-2-3-11(13)10(5-8)12(14)15/h2-6H,1H3,(H,14,15). The number of hydrogen-bond donors (Lipinski definition) is 1. The highest BCUT2D eigenvalue weighted by Crippen LogP contribution is 2.28. The van der Waals surface area contributed by atoms with E-state index in [9.17, 15) is 4.79 Å². The molecule has 0 bridgehead atoms. The average Bonchev–Trinajstić information content (AvgIpc) is 2.65. The van der Waals surface area contributed by atoms with Gasteiger partial charge in [-0.25, -0.2) is 4.79 Å². The van der Waals surface area contributed by atoms with Gasteiger partial charge in [-0.05, 0) is 57.6 Å². The van der Waals surface area contributed by atoms with Gasteiger partial charge in [0.25, 0.3) is 0 Å². The Balaban J connectivity index is 2.51. The Kier molecular flexibility index (Phi) is 3.12. The molecule has 0 atom stereocenters. The zero-order valence-electron chi connectivity index (χ0n) is 8.53. The van der Waals surface area contributed by atoms with E-state index in [1.165, 1.54) is 4.88 Å². The first kappa shape index (κ1) is 11.4. The van der Waals surface area contributed by atoms with Crippen LogP contribution in [0.3, 0.4) is 0 Å². The molecule has 1 heterocycles. The minimum Gasteiger partial charge on any atom is -0.478 e. The molecule has 1 N–H and O–H groups in total.